The normalized spacial score (nSPS) is 32.8. The summed E-state index contributed by atoms with van der Waals surface area (Å²) in [4.78, 5) is 13.3. The van der Waals surface area contributed by atoms with Gasteiger partial charge in [0.15, 0.2) is 11.9 Å². The van der Waals surface area contributed by atoms with Crippen molar-refractivity contribution < 1.29 is 29.2 Å². The second-order valence-corrected chi connectivity index (χ2v) is 11.0. The minimum Gasteiger partial charge on any atom is -0.476 e. The lowest BCUT2D eigenvalue weighted by Gasteiger charge is -2.43. The van der Waals surface area contributed by atoms with Gasteiger partial charge in [-0.1, -0.05) is 61.3 Å². The molecule has 1 aromatic carbocycles. The van der Waals surface area contributed by atoms with Gasteiger partial charge in [-0.25, -0.2) is 4.79 Å². The van der Waals surface area contributed by atoms with E-state index >= 15 is 0 Å². The average molecular weight is 539 g/mol. The summed E-state index contributed by atoms with van der Waals surface area (Å²) in [5, 5.41) is 21.2. The van der Waals surface area contributed by atoms with Gasteiger partial charge in [0.05, 0.1) is 28.4 Å². The van der Waals surface area contributed by atoms with Crippen LogP contribution in [0, 0.1) is 17.8 Å². The number of esters is 1. The molecule has 0 radical (unpaired) electrons. The maximum atomic E-state index is 13.3. The van der Waals surface area contributed by atoms with Crippen molar-refractivity contribution in [2.75, 3.05) is 6.61 Å². The predicted molar refractivity (Wildman–Crippen MR) is 139 cm³/mol. The average Bonchev–Trinajstić information content (AvgIpc) is 2.83. The Morgan fingerprint density at radius 2 is 1.94 bits per heavy atom. The minimum absolute atomic E-state index is 0.0349. The molecule has 36 heavy (non-hydrogen) atoms. The van der Waals surface area contributed by atoms with E-state index in [0.717, 1.165) is 18.4 Å². The third-order valence-electron chi connectivity index (χ3n) is 7.61. The zero-order chi connectivity index (χ0) is 25.8. The number of ether oxygens (including phenoxy) is 3. The molecule has 198 valence electrons. The summed E-state index contributed by atoms with van der Waals surface area (Å²) in [5.74, 6) is 0.222. The Hall–Kier alpha value is -1.57. The van der Waals surface area contributed by atoms with Crippen LogP contribution in [0.1, 0.15) is 52.4 Å². The van der Waals surface area contributed by atoms with Gasteiger partial charge >= 0.3 is 5.97 Å². The van der Waals surface area contributed by atoms with Crippen molar-refractivity contribution in [1.29, 1.82) is 0 Å². The van der Waals surface area contributed by atoms with Crippen LogP contribution in [0.5, 0.6) is 5.75 Å². The SMILES string of the molecule is CCC(Oc1c(Cl)cccc1Cl)C(=O)O[C@H]1C[C@H](O)C=C2C=C[C@H](C)[C@H](CC[C@@H]3C[C@H](O)CCO3)[C@H]21. The number of aliphatic hydroxyl groups is 2. The molecule has 1 unspecified atom stereocenters. The van der Waals surface area contributed by atoms with Crippen LogP contribution in [0.3, 0.4) is 0 Å². The molecule has 0 aromatic heterocycles. The number of fused-ring (bicyclic) bond motifs is 1. The van der Waals surface area contributed by atoms with Crippen molar-refractivity contribution in [3.8, 4) is 5.75 Å². The quantitative estimate of drug-likeness (QED) is 0.424. The third-order valence-corrected chi connectivity index (χ3v) is 8.21. The molecule has 0 bridgehead atoms. The number of para-hydroxylation sites is 1. The number of carbonyl (C=O) groups excluding carboxylic acids is 1. The second-order valence-electron chi connectivity index (χ2n) is 10.2. The molecule has 0 saturated carbocycles. The van der Waals surface area contributed by atoms with Crippen molar-refractivity contribution in [1.82, 2.24) is 0 Å². The molecule has 0 spiro atoms. The number of aliphatic hydroxyl groups excluding tert-OH is 2. The van der Waals surface area contributed by atoms with Crippen LogP contribution in [-0.2, 0) is 14.3 Å². The van der Waals surface area contributed by atoms with E-state index in [1.807, 2.05) is 19.1 Å². The highest BCUT2D eigenvalue weighted by Gasteiger charge is 2.43. The monoisotopic (exact) mass is 538 g/mol. The highest BCUT2D eigenvalue weighted by molar-refractivity contribution is 6.37. The highest BCUT2D eigenvalue weighted by atomic mass is 35.5. The van der Waals surface area contributed by atoms with Crippen LogP contribution in [0.15, 0.2) is 42.0 Å². The first-order chi connectivity index (χ1) is 17.3. The fourth-order valence-corrected chi connectivity index (χ4v) is 6.17. The van der Waals surface area contributed by atoms with Crippen molar-refractivity contribution in [3.05, 3.63) is 52.0 Å². The Bertz CT molecular complexity index is 959. The summed E-state index contributed by atoms with van der Waals surface area (Å²) in [6.07, 6.45) is 7.53. The van der Waals surface area contributed by atoms with E-state index in [4.69, 9.17) is 37.4 Å². The van der Waals surface area contributed by atoms with Gasteiger partial charge in [0.1, 0.15) is 6.10 Å². The largest absolute Gasteiger partial charge is 0.476 e. The summed E-state index contributed by atoms with van der Waals surface area (Å²) >= 11 is 12.5. The third kappa shape index (κ3) is 6.46. The van der Waals surface area contributed by atoms with E-state index in [1.165, 1.54) is 0 Å². The van der Waals surface area contributed by atoms with Gasteiger partial charge < -0.3 is 24.4 Å². The molecule has 3 aliphatic rings. The number of benzene rings is 1. The topological polar surface area (TPSA) is 85.2 Å². The number of hydrogen-bond donors (Lipinski definition) is 2. The molecular formula is C28H36Cl2O6. The number of hydrogen-bond acceptors (Lipinski definition) is 6. The van der Waals surface area contributed by atoms with Crippen LogP contribution in [0.25, 0.3) is 0 Å². The molecule has 1 heterocycles. The second kappa shape index (κ2) is 12.3. The Morgan fingerprint density at radius 1 is 1.19 bits per heavy atom. The van der Waals surface area contributed by atoms with Gasteiger partial charge in [-0.2, -0.15) is 0 Å². The fraction of sp³-hybridized carbons (Fsp3) is 0.607. The van der Waals surface area contributed by atoms with E-state index < -0.39 is 24.3 Å². The summed E-state index contributed by atoms with van der Waals surface area (Å²) < 4.78 is 17.9. The van der Waals surface area contributed by atoms with Crippen LogP contribution in [0.2, 0.25) is 10.0 Å². The molecule has 2 N–H and O–H groups in total. The molecule has 2 aliphatic carbocycles. The first-order valence-electron chi connectivity index (χ1n) is 13.0. The van der Waals surface area contributed by atoms with Crippen LogP contribution < -0.4 is 4.74 Å². The summed E-state index contributed by atoms with van der Waals surface area (Å²) in [5.41, 5.74) is 1.00. The lowest BCUT2D eigenvalue weighted by Crippen LogP contribution is -2.44. The summed E-state index contributed by atoms with van der Waals surface area (Å²) in [6, 6.07) is 5.03. The Kier molecular flexibility index (Phi) is 9.40. The molecule has 6 nitrogen and oxygen atoms in total. The van der Waals surface area contributed by atoms with E-state index in [1.54, 1.807) is 18.2 Å². The van der Waals surface area contributed by atoms with Crippen molar-refractivity contribution >= 4 is 29.2 Å². The molecule has 1 fully saturated rings. The number of carbonyl (C=O) groups is 1. The highest BCUT2D eigenvalue weighted by Crippen LogP contribution is 2.44. The van der Waals surface area contributed by atoms with E-state index in [2.05, 4.69) is 13.0 Å². The van der Waals surface area contributed by atoms with Gasteiger partial charge in [0.2, 0.25) is 0 Å². The zero-order valence-corrected chi connectivity index (χ0v) is 22.3. The fourth-order valence-electron chi connectivity index (χ4n) is 5.69. The van der Waals surface area contributed by atoms with Crippen molar-refractivity contribution in [3.63, 3.8) is 0 Å². The van der Waals surface area contributed by atoms with Gasteiger partial charge in [-0.3, -0.25) is 0 Å². The molecule has 8 heteroatoms. The van der Waals surface area contributed by atoms with Gasteiger partial charge in [0.25, 0.3) is 0 Å². The van der Waals surface area contributed by atoms with Crippen LogP contribution >= 0.6 is 23.2 Å². The van der Waals surface area contributed by atoms with Crippen molar-refractivity contribution in [2.45, 2.75) is 82.9 Å². The number of rotatable bonds is 8. The first-order valence-corrected chi connectivity index (χ1v) is 13.7. The lowest BCUT2D eigenvalue weighted by molar-refractivity contribution is -0.163. The first kappa shape index (κ1) is 27.5. The zero-order valence-electron chi connectivity index (χ0n) is 20.8. The van der Waals surface area contributed by atoms with Crippen LogP contribution in [0.4, 0.5) is 0 Å². The van der Waals surface area contributed by atoms with E-state index in [-0.39, 0.29) is 35.7 Å². The molecular weight excluding hydrogens is 503 g/mol. The summed E-state index contributed by atoms with van der Waals surface area (Å²) in [7, 11) is 0. The van der Waals surface area contributed by atoms with E-state index in [9.17, 15) is 15.0 Å². The lowest BCUT2D eigenvalue weighted by atomic mass is 9.66. The maximum Gasteiger partial charge on any atom is 0.347 e. The van der Waals surface area contributed by atoms with E-state index in [0.29, 0.717) is 42.3 Å². The minimum atomic E-state index is -0.874. The van der Waals surface area contributed by atoms with Gasteiger partial charge in [-0.15, -0.1) is 0 Å². The molecule has 0 amide bonds. The molecule has 1 saturated heterocycles. The Balaban J connectivity index is 1.49. The molecule has 1 aliphatic heterocycles. The van der Waals surface area contributed by atoms with Gasteiger partial charge in [0, 0.05) is 18.9 Å². The molecule has 8 atom stereocenters. The number of halogens is 2. The number of allylic oxidation sites excluding steroid dienone is 2. The Morgan fingerprint density at radius 3 is 2.64 bits per heavy atom. The maximum absolute atomic E-state index is 13.3. The smallest absolute Gasteiger partial charge is 0.347 e. The predicted octanol–water partition coefficient (Wildman–Crippen LogP) is 5.51. The summed E-state index contributed by atoms with van der Waals surface area (Å²) in [6.45, 7) is 4.60. The van der Waals surface area contributed by atoms with Gasteiger partial charge in [-0.05, 0) is 61.6 Å². The standard InChI is InChI=1S/C28H36Cl2O6/c1-3-24(35-27-22(29)5-4-6-23(27)30)28(33)36-25-15-19(32)13-17-8-7-16(2)21(26(17)25)10-9-20-14-18(31)11-12-34-20/h4-8,13,16,18-21,24-26,31-32H,3,9-12,14-15H2,1-2H3/t16-,18+,19+,20+,21-,24?,25-,26-/m0/s1. The van der Waals surface area contributed by atoms with Crippen molar-refractivity contribution in [2.24, 2.45) is 17.8 Å². The van der Waals surface area contributed by atoms with Crippen LogP contribution in [-0.4, -0.2) is 53.3 Å². The molecule has 4 rings (SSSR count). The Labute approximate surface area is 223 Å². The molecule has 1 aromatic rings.